The molecular formula is C13H18F2N2O3S. The van der Waals surface area contributed by atoms with Crippen LogP contribution in [0.15, 0.2) is 17.0 Å². The Kier molecular flexibility index (Phi) is 5.13. The Hall–Kier alpha value is -1.25. The quantitative estimate of drug-likeness (QED) is 0.806. The van der Waals surface area contributed by atoms with Gasteiger partial charge in [-0.15, -0.1) is 0 Å². The molecule has 1 fully saturated rings. The van der Waals surface area contributed by atoms with Crippen LogP contribution in [0, 0.1) is 11.6 Å². The summed E-state index contributed by atoms with van der Waals surface area (Å²) in [6, 6.07) is 1.98. The number of sulfonamides is 1. The molecule has 0 spiro atoms. The molecule has 0 aliphatic carbocycles. The van der Waals surface area contributed by atoms with Gasteiger partial charge in [-0.2, -0.15) is 4.39 Å². The van der Waals surface area contributed by atoms with E-state index in [0.717, 1.165) is 31.8 Å². The minimum absolute atomic E-state index is 0.238. The van der Waals surface area contributed by atoms with Crippen LogP contribution < -0.4 is 9.88 Å². The van der Waals surface area contributed by atoms with Crippen molar-refractivity contribution in [3.63, 3.8) is 0 Å². The van der Waals surface area contributed by atoms with Crippen molar-refractivity contribution in [2.45, 2.75) is 24.2 Å². The third kappa shape index (κ3) is 4.12. The molecule has 0 unspecified atom stereocenters. The van der Waals surface area contributed by atoms with Crippen molar-refractivity contribution in [2.24, 2.45) is 5.14 Å². The van der Waals surface area contributed by atoms with Crippen LogP contribution in [0.4, 0.5) is 8.78 Å². The maximum absolute atomic E-state index is 13.7. The van der Waals surface area contributed by atoms with E-state index >= 15 is 0 Å². The Labute approximate surface area is 122 Å². The molecule has 0 saturated carbocycles. The number of nitrogens with zero attached hydrogens (tertiary/aromatic N) is 1. The molecular weight excluding hydrogens is 302 g/mol. The summed E-state index contributed by atoms with van der Waals surface area (Å²) in [6.45, 7) is 3.21. The van der Waals surface area contributed by atoms with Crippen LogP contribution in [0.3, 0.4) is 0 Å². The minimum atomic E-state index is -4.29. The summed E-state index contributed by atoms with van der Waals surface area (Å²) in [5, 5.41) is 4.79. The second-order valence-corrected chi connectivity index (χ2v) is 6.52. The van der Waals surface area contributed by atoms with Crippen molar-refractivity contribution >= 4 is 10.0 Å². The standard InChI is InChI=1S/C13H18F2N2O3S/c14-12-10(4-5-11(13(12)15)21(16,18)19)20-9-3-8-17-6-1-2-7-17/h4-5H,1-3,6-9H2,(H2,16,18,19). The number of halogens is 2. The molecule has 2 N–H and O–H groups in total. The van der Waals surface area contributed by atoms with Gasteiger partial charge in [0.05, 0.1) is 6.61 Å². The van der Waals surface area contributed by atoms with Gasteiger partial charge in [0.15, 0.2) is 11.6 Å². The molecule has 21 heavy (non-hydrogen) atoms. The highest BCUT2D eigenvalue weighted by molar-refractivity contribution is 7.89. The second-order valence-electron chi connectivity index (χ2n) is 4.99. The predicted molar refractivity (Wildman–Crippen MR) is 73.5 cm³/mol. The van der Waals surface area contributed by atoms with Gasteiger partial charge in [-0.05, 0) is 44.5 Å². The zero-order valence-electron chi connectivity index (χ0n) is 11.5. The largest absolute Gasteiger partial charge is 0.490 e. The Bertz CT molecular complexity index is 602. The maximum Gasteiger partial charge on any atom is 0.241 e. The Balaban J connectivity index is 1.93. The molecule has 0 amide bonds. The normalized spacial score (nSPS) is 16.3. The van der Waals surface area contributed by atoms with E-state index in [0.29, 0.717) is 6.42 Å². The number of hydrogen-bond donors (Lipinski definition) is 1. The van der Waals surface area contributed by atoms with Crippen LogP contribution in [-0.4, -0.2) is 39.6 Å². The van der Waals surface area contributed by atoms with Crippen LogP contribution in [0.1, 0.15) is 19.3 Å². The monoisotopic (exact) mass is 320 g/mol. The van der Waals surface area contributed by atoms with E-state index in [-0.39, 0.29) is 12.4 Å². The van der Waals surface area contributed by atoms with Crippen molar-refractivity contribution in [1.29, 1.82) is 0 Å². The average molecular weight is 320 g/mol. The van der Waals surface area contributed by atoms with Gasteiger partial charge in [0.1, 0.15) is 4.90 Å². The van der Waals surface area contributed by atoms with Crippen molar-refractivity contribution < 1.29 is 21.9 Å². The Morgan fingerprint density at radius 2 is 1.86 bits per heavy atom. The van der Waals surface area contributed by atoms with Crippen molar-refractivity contribution in [3.8, 4) is 5.75 Å². The molecule has 5 nitrogen and oxygen atoms in total. The van der Waals surface area contributed by atoms with Gasteiger partial charge >= 0.3 is 0 Å². The first-order valence-corrected chi connectivity index (χ1v) is 8.30. The van der Waals surface area contributed by atoms with Crippen molar-refractivity contribution in [2.75, 3.05) is 26.2 Å². The highest BCUT2D eigenvalue weighted by Crippen LogP contribution is 2.25. The van der Waals surface area contributed by atoms with E-state index in [9.17, 15) is 17.2 Å². The van der Waals surface area contributed by atoms with Gasteiger partial charge in [0, 0.05) is 6.54 Å². The van der Waals surface area contributed by atoms with Crippen LogP contribution in [-0.2, 0) is 10.0 Å². The summed E-state index contributed by atoms with van der Waals surface area (Å²) < 4.78 is 54.5. The Morgan fingerprint density at radius 1 is 1.19 bits per heavy atom. The summed E-state index contributed by atoms with van der Waals surface area (Å²) in [4.78, 5) is 1.41. The van der Waals surface area contributed by atoms with E-state index in [4.69, 9.17) is 9.88 Å². The summed E-state index contributed by atoms with van der Waals surface area (Å²) in [5.74, 6) is -3.14. The zero-order valence-corrected chi connectivity index (χ0v) is 12.3. The first-order chi connectivity index (χ1) is 9.89. The van der Waals surface area contributed by atoms with E-state index in [1.165, 1.54) is 12.8 Å². The molecule has 2 rings (SSSR count). The molecule has 1 aliphatic rings. The molecule has 118 valence electrons. The highest BCUT2D eigenvalue weighted by atomic mass is 32.2. The molecule has 1 saturated heterocycles. The third-order valence-electron chi connectivity index (χ3n) is 3.39. The lowest BCUT2D eigenvalue weighted by Crippen LogP contribution is -2.22. The van der Waals surface area contributed by atoms with Gasteiger partial charge in [-0.1, -0.05) is 0 Å². The average Bonchev–Trinajstić information content (AvgIpc) is 2.91. The minimum Gasteiger partial charge on any atom is -0.490 e. The number of nitrogens with two attached hydrogens (primary N) is 1. The number of primary sulfonamides is 1. The summed E-state index contributed by atoms with van der Waals surface area (Å²) >= 11 is 0. The smallest absolute Gasteiger partial charge is 0.241 e. The fraction of sp³-hybridized carbons (Fsp3) is 0.538. The molecule has 1 aromatic rings. The van der Waals surface area contributed by atoms with E-state index < -0.39 is 26.6 Å². The van der Waals surface area contributed by atoms with Crippen LogP contribution in [0.25, 0.3) is 0 Å². The zero-order chi connectivity index (χ0) is 15.5. The molecule has 8 heteroatoms. The summed E-state index contributed by atoms with van der Waals surface area (Å²) in [7, 11) is -4.29. The lowest BCUT2D eigenvalue weighted by Gasteiger charge is -2.14. The fourth-order valence-corrected chi connectivity index (χ4v) is 2.92. The van der Waals surface area contributed by atoms with Gasteiger partial charge < -0.3 is 9.64 Å². The van der Waals surface area contributed by atoms with Crippen LogP contribution in [0.2, 0.25) is 0 Å². The molecule has 0 radical (unpaired) electrons. The predicted octanol–water partition coefficient (Wildman–Crippen LogP) is 1.48. The first-order valence-electron chi connectivity index (χ1n) is 6.75. The number of rotatable bonds is 6. The van der Waals surface area contributed by atoms with Crippen molar-refractivity contribution in [3.05, 3.63) is 23.8 Å². The lowest BCUT2D eigenvalue weighted by molar-refractivity contribution is 0.252. The van der Waals surface area contributed by atoms with E-state index in [2.05, 4.69) is 4.90 Å². The van der Waals surface area contributed by atoms with Gasteiger partial charge in [-0.25, -0.2) is 17.9 Å². The molecule has 0 bridgehead atoms. The summed E-state index contributed by atoms with van der Waals surface area (Å²) in [6.07, 6.45) is 3.07. The fourth-order valence-electron chi connectivity index (χ4n) is 2.32. The third-order valence-corrected chi connectivity index (χ3v) is 4.32. The number of hydrogen-bond acceptors (Lipinski definition) is 4. The Morgan fingerprint density at radius 3 is 2.48 bits per heavy atom. The molecule has 1 aliphatic heterocycles. The number of likely N-dealkylation sites (tertiary alicyclic amines) is 1. The number of ether oxygens (including phenoxy) is 1. The molecule has 0 aromatic heterocycles. The van der Waals surface area contributed by atoms with Crippen LogP contribution >= 0.6 is 0 Å². The molecule has 1 aromatic carbocycles. The first kappa shape index (κ1) is 16.1. The SMILES string of the molecule is NS(=O)(=O)c1ccc(OCCCN2CCCC2)c(F)c1F. The van der Waals surface area contributed by atoms with E-state index in [1.54, 1.807) is 0 Å². The van der Waals surface area contributed by atoms with Gasteiger partial charge in [0.2, 0.25) is 15.8 Å². The maximum atomic E-state index is 13.7. The molecule has 0 atom stereocenters. The lowest BCUT2D eigenvalue weighted by atomic mass is 10.3. The van der Waals surface area contributed by atoms with Crippen molar-refractivity contribution in [1.82, 2.24) is 4.90 Å². The topological polar surface area (TPSA) is 72.6 Å². The second kappa shape index (κ2) is 6.67. The van der Waals surface area contributed by atoms with Crippen LogP contribution in [0.5, 0.6) is 5.75 Å². The highest BCUT2D eigenvalue weighted by Gasteiger charge is 2.21. The molecule has 1 heterocycles. The van der Waals surface area contributed by atoms with E-state index in [1.807, 2.05) is 0 Å². The summed E-state index contributed by atoms with van der Waals surface area (Å²) in [5.41, 5.74) is 0. The van der Waals surface area contributed by atoms with Gasteiger partial charge in [0.25, 0.3) is 0 Å². The number of benzene rings is 1. The van der Waals surface area contributed by atoms with Gasteiger partial charge in [-0.3, -0.25) is 0 Å².